The third-order valence-electron chi connectivity index (χ3n) is 3.07. The highest BCUT2D eigenvalue weighted by Gasteiger charge is 2.04. The minimum atomic E-state index is -0.319. The van der Waals surface area contributed by atoms with E-state index in [0.29, 0.717) is 5.69 Å². The van der Waals surface area contributed by atoms with Crippen LogP contribution in [0.5, 0.6) is 0 Å². The number of ketones is 1. The van der Waals surface area contributed by atoms with E-state index in [9.17, 15) is 9.18 Å². The van der Waals surface area contributed by atoms with Crippen LogP contribution in [0.15, 0.2) is 48.5 Å². The molecule has 2 nitrogen and oxygen atoms in total. The molecule has 0 aliphatic heterocycles. The zero-order valence-corrected chi connectivity index (χ0v) is 11.3. The van der Waals surface area contributed by atoms with Crippen LogP contribution in [0.1, 0.15) is 16.7 Å². The predicted molar refractivity (Wildman–Crippen MR) is 79.7 cm³/mol. The molecule has 0 radical (unpaired) electrons. The molecule has 0 aliphatic rings. The molecule has 3 heteroatoms. The molecule has 2 aromatic carbocycles. The normalized spacial score (nSPS) is 10.9. The van der Waals surface area contributed by atoms with Gasteiger partial charge in [0.15, 0.2) is 5.78 Å². The fraction of sp³-hybridized carbons (Fsp3) is 0.118. The minimum Gasteiger partial charge on any atom is -0.399 e. The third kappa shape index (κ3) is 3.79. The first kappa shape index (κ1) is 14.0. The van der Waals surface area contributed by atoms with E-state index in [1.165, 1.54) is 18.2 Å². The predicted octanol–water partition coefficient (Wildman–Crippen LogP) is 3.54. The molecule has 0 fully saturated rings. The van der Waals surface area contributed by atoms with Crippen molar-refractivity contribution < 1.29 is 9.18 Å². The Bertz CT molecular complexity index is 645. The summed E-state index contributed by atoms with van der Waals surface area (Å²) in [4.78, 5) is 11.9. The third-order valence-corrected chi connectivity index (χ3v) is 3.07. The first-order chi connectivity index (χ1) is 9.54. The van der Waals surface area contributed by atoms with Gasteiger partial charge in [0.05, 0.1) is 0 Å². The Morgan fingerprint density at radius 2 is 1.90 bits per heavy atom. The Kier molecular flexibility index (Phi) is 4.31. The maximum atomic E-state index is 13.1. The molecule has 0 bridgehead atoms. The van der Waals surface area contributed by atoms with E-state index < -0.39 is 0 Å². The molecule has 2 N–H and O–H groups in total. The van der Waals surface area contributed by atoms with Crippen molar-refractivity contribution in [2.24, 2.45) is 0 Å². The van der Waals surface area contributed by atoms with Gasteiger partial charge in [-0.1, -0.05) is 24.3 Å². The molecule has 20 heavy (non-hydrogen) atoms. The van der Waals surface area contributed by atoms with Crippen LogP contribution in [0.25, 0.3) is 6.08 Å². The van der Waals surface area contributed by atoms with E-state index in [0.717, 1.165) is 16.7 Å². The number of aryl methyl sites for hydroxylation is 1. The molecule has 0 saturated heterocycles. The number of anilines is 1. The van der Waals surface area contributed by atoms with E-state index in [1.54, 1.807) is 24.3 Å². The molecule has 2 rings (SSSR count). The van der Waals surface area contributed by atoms with Crippen LogP contribution >= 0.6 is 0 Å². The van der Waals surface area contributed by atoms with Crippen LogP contribution in [0.4, 0.5) is 10.1 Å². The Hall–Kier alpha value is -2.42. The van der Waals surface area contributed by atoms with E-state index in [-0.39, 0.29) is 18.0 Å². The maximum absolute atomic E-state index is 13.1. The Morgan fingerprint density at radius 3 is 2.60 bits per heavy atom. The molecule has 2 aromatic rings. The lowest BCUT2D eigenvalue weighted by Gasteiger charge is -2.03. The summed E-state index contributed by atoms with van der Waals surface area (Å²) in [7, 11) is 0. The zero-order valence-electron chi connectivity index (χ0n) is 11.3. The lowest BCUT2D eigenvalue weighted by Crippen LogP contribution is -2.01. The number of nitrogens with two attached hydrogens (primary N) is 1. The molecular formula is C17H16FNO. The van der Waals surface area contributed by atoms with Crippen molar-refractivity contribution >= 4 is 17.5 Å². The van der Waals surface area contributed by atoms with Crippen LogP contribution < -0.4 is 5.73 Å². The van der Waals surface area contributed by atoms with Gasteiger partial charge in [-0.15, -0.1) is 0 Å². The number of hydrogen-bond donors (Lipinski definition) is 1. The number of rotatable bonds is 4. The Labute approximate surface area is 117 Å². The van der Waals surface area contributed by atoms with Gasteiger partial charge in [-0.25, -0.2) is 4.39 Å². The summed E-state index contributed by atoms with van der Waals surface area (Å²) in [5, 5.41) is 0. The summed E-state index contributed by atoms with van der Waals surface area (Å²) < 4.78 is 13.1. The van der Waals surface area contributed by atoms with Crippen molar-refractivity contribution in [2.75, 3.05) is 5.73 Å². The number of carbonyl (C=O) groups is 1. The van der Waals surface area contributed by atoms with E-state index in [1.807, 2.05) is 19.1 Å². The highest BCUT2D eigenvalue weighted by atomic mass is 19.1. The summed E-state index contributed by atoms with van der Waals surface area (Å²) in [6.07, 6.45) is 3.45. The number of nitrogen functional groups attached to an aromatic ring is 1. The average molecular weight is 269 g/mol. The average Bonchev–Trinajstić information content (AvgIpc) is 2.42. The molecule has 0 heterocycles. The monoisotopic (exact) mass is 269 g/mol. The molecule has 0 atom stereocenters. The smallest absolute Gasteiger partial charge is 0.160 e. The van der Waals surface area contributed by atoms with Gasteiger partial charge in [0.2, 0.25) is 0 Å². The molecule has 102 valence electrons. The number of halogens is 1. The second-order valence-electron chi connectivity index (χ2n) is 4.71. The molecule has 0 saturated carbocycles. The second-order valence-corrected chi connectivity index (χ2v) is 4.71. The quantitative estimate of drug-likeness (QED) is 0.681. The Balaban J connectivity index is 2.05. The summed E-state index contributed by atoms with van der Waals surface area (Å²) in [5.74, 6) is -0.378. The lowest BCUT2D eigenvalue weighted by atomic mass is 10.0. The number of hydrogen-bond acceptors (Lipinski definition) is 2. The number of allylic oxidation sites excluding steroid dienone is 1. The van der Waals surface area contributed by atoms with E-state index in [2.05, 4.69) is 0 Å². The number of benzene rings is 2. The van der Waals surface area contributed by atoms with Gasteiger partial charge < -0.3 is 5.73 Å². The highest BCUT2D eigenvalue weighted by molar-refractivity contribution is 5.95. The zero-order chi connectivity index (χ0) is 14.5. The second kappa shape index (κ2) is 6.15. The number of carbonyl (C=O) groups excluding carboxylic acids is 1. The van der Waals surface area contributed by atoms with Gasteiger partial charge in [-0.05, 0) is 54.0 Å². The first-order valence-corrected chi connectivity index (χ1v) is 6.36. The fourth-order valence-electron chi connectivity index (χ4n) is 1.87. The molecule has 0 amide bonds. The van der Waals surface area contributed by atoms with Gasteiger partial charge in [0, 0.05) is 12.1 Å². The summed E-state index contributed by atoms with van der Waals surface area (Å²) in [6.45, 7) is 1.87. The van der Waals surface area contributed by atoms with Crippen LogP contribution in [-0.4, -0.2) is 5.78 Å². The van der Waals surface area contributed by atoms with Crippen LogP contribution in [0.2, 0.25) is 0 Å². The largest absolute Gasteiger partial charge is 0.399 e. The lowest BCUT2D eigenvalue weighted by molar-refractivity contribution is -0.113. The molecular weight excluding hydrogens is 253 g/mol. The van der Waals surface area contributed by atoms with Gasteiger partial charge >= 0.3 is 0 Å². The molecule has 0 aliphatic carbocycles. The summed E-state index contributed by atoms with van der Waals surface area (Å²) in [6, 6.07) is 11.7. The fourth-order valence-corrected chi connectivity index (χ4v) is 1.87. The Morgan fingerprint density at radius 1 is 1.20 bits per heavy atom. The van der Waals surface area contributed by atoms with Crippen LogP contribution in [-0.2, 0) is 11.2 Å². The van der Waals surface area contributed by atoms with Gasteiger partial charge in [0.1, 0.15) is 5.82 Å². The molecule has 0 unspecified atom stereocenters. The van der Waals surface area contributed by atoms with Crippen molar-refractivity contribution in [3.63, 3.8) is 0 Å². The van der Waals surface area contributed by atoms with Crippen molar-refractivity contribution in [1.29, 1.82) is 0 Å². The van der Waals surface area contributed by atoms with Gasteiger partial charge in [0.25, 0.3) is 0 Å². The summed E-state index contributed by atoms with van der Waals surface area (Å²) >= 11 is 0. The van der Waals surface area contributed by atoms with Crippen molar-refractivity contribution in [2.45, 2.75) is 13.3 Å². The first-order valence-electron chi connectivity index (χ1n) is 6.36. The summed E-state index contributed by atoms with van der Waals surface area (Å²) in [5.41, 5.74) is 8.82. The van der Waals surface area contributed by atoms with Crippen LogP contribution in [0.3, 0.4) is 0 Å². The standard InChI is InChI=1S/C17H16FNO/c1-12-2-6-15(18)10-14(12)11-17(20)9-5-13-3-7-16(19)8-4-13/h2-10H,11,19H2,1H3/b9-5+. The SMILES string of the molecule is Cc1ccc(F)cc1CC(=O)/C=C/c1ccc(N)cc1. The minimum absolute atomic E-state index is 0.0597. The molecule has 0 spiro atoms. The van der Waals surface area contributed by atoms with Gasteiger partial charge in [-0.3, -0.25) is 4.79 Å². The molecule has 0 aromatic heterocycles. The van der Waals surface area contributed by atoms with Crippen molar-refractivity contribution in [1.82, 2.24) is 0 Å². The maximum Gasteiger partial charge on any atom is 0.160 e. The topological polar surface area (TPSA) is 43.1 Å². The van der Waals surface area contributed by atoms with Crippen molar-refractivity contribution in [3.8, 4) is 0 Å². The highest BCUT2D eigenvalue weighted by Crippen LogP contribution is 2.12. The van der Waals surface area contributed by atoms with Crippen molar-refractivity contribution in [3.05, 3.63) is 71.0 Å². The van der Waals surface area contributed by atoms with Gasteiger partial charge in [-0.2, -0.15) is 0 Å². The van der Waals surface area contributed by atoms with Crippen LogP contribution in [0, 0.1) is 12.7 Å². The van der Waals surface area contributed by atoms with E-state index in [4.69, 9.17) is 5.73 Å². The van der Waals surface area contributed by atoms with E-state index >= 15 is 0 Å².